The number of likely N-dealkylation sites (tertiary alicyclic amines) is 1. The Balaban J connectivity index is 1.43. The Morgan fingerprint density at radius 2 is 1.64 bits per heavy atom. The maximum atomic E-state index is 13.3. The minimum atomic E-state index is -0.496. The Hall–Kier alpha value is -2.77. The Kier molecular flexibility index (Phi) is 5.49. The number of carbonyl (C=O) groups excluding carboxylic acids is 1. The van der Waals surface area contributed by atoms with Crippen LogP contribution in [0.4, 0.5) is 0 Å². The lowest BCUT2D eigenvalue weighted by molar-refractivity contribution is -0.181. The van der Waals surface area contributed by atoms with E-state index in [1.807, 2.05) is 16.3 Å². The summed E-state index contributed by atoms with van der Waals surface area (Å²) in [6, 6.07) is 4.46. The molecule has 1 aromatic carbocycles. The first kappa shape index (κ1) is 22.0. The van der Waals surface area contributed by atoms with Gasteiger partial charge in [-0.05, 0) is 56.9 Å². The Bertz CT molecular complexity index is 1210. The molecule has 0 aliphatic carbocycles. The van der Waals surface area contributed by atoms with Crippen molar-refractivity contribution in [3.8, 4) is 0 Å². The van der Waals surface area contributed by atoms with E-state index in [0.29, 0.717) is 50.4 Å². The highest BCUT2D eigenvalue weighted by Crippen LogP contribution is 2.32. The summed E-state index contributed by atoms with van der Waals surface area (Å²) in [6.07, 6.45) is 3.86. The maximum absolute atomic E-state index is 13.3. The summed E-state index contributed by atoms with van der Waals surface area (Å²) in [5.74, 6) is -0.521. The van der Waals surface area contributed by atoms with Crippen molar-refractivity contribution in [1.82, 2.24) is 19.5 Å². The van der Waals surface area contributed by atoms with E-state index in [4.69, 9.17) is 14.5 Å². The molecule has 2 aliphatic heterocycles. The lowest BCUT2D eigenvalue weighted by atomic mass is 9.93. The van der Waals surface area contributed by atoms with Gasteiger partial charge in [-0.1, -0.05) is 17.7 Å². The van der Waals surface area contributed by atoms with Crippen molar-refractivity contribution in [3.63, 3.8) is 0 Å². The van der Waals surface area contributed by atoms with Crippen molar-refractivity contribution in [2.45, 2.75) is 59.7 Å². The van der Waals surface area contributed by atoms with Crippen LogP contribution in [0.3, 0.4) is 0 Å². The van der Waals surface area contributed by atoms with Gasteiger partial charge < -0.3 is 14.4 Å². The number of rotatable bonds is 3. The second-order valence-electron chi connectivity index (χ2n) is 9.51. The molecule has 2 aromatic heterocycles. The maximum Gasteiger partial charge on any atom is 0.259 e. The van der Waals surface area contributed by atoms with Crippen LogP contribution in [-0.2, 0) is 15.9 Å². The summed E-state index contributed by atoms with van der Waals surface area (Å²) in [7, 11) is 0. The molecule has 7 nitrogen and oxygen atoms in total. The third-order valence-electron chi connectivity index (χ3n) is 7.26. The van der Waals surface area contributed by atoms with Crippen LogP contribution >= 0.6 is 0 Å². The molecular weight excluding hydrogens is 416 g/mol. The zero-order valence-electron chi connectivity index (χ0n) is 20.2. The average molecular weight is 449 g/mol. The molecule has 0 atom stereocenters. The second-order valence-corrected chi connectivity index (χ2v) is 9.51. The van der Waals surface area contributed by atoms with Crippen LogP contribution in [0.5, 0.6) is 0 Å². The highest BCUT2D eigenvalue weighted by atomic mass is 16.7. The third-order valence-corrected chi connectivity index (χ3v) is 7.26. The van der Waals surface area contributed by atoms with Gasteiger partial charge in [-0.15, -0.1) is 0 Å². The van der Waals surface area contributed by atoms with Crippen LogP contribution in [-0.4, -0.2) is 57.5 Å². The molecule has 0 unspecified atom stereocenters. The van der Waals surface area contributed by atoms with Crippen LogP contribution in [0.15, 0.2) is 18.3 Å². The molecule has 7 heteroatoms. The van der Waals surface area contributed by atoms with Gasteiger partial charge in [0.05, 0.1) is 19.4 Å². The summed E-state index contributed by atoms with van der Waals surface area (Å²) in [5, 5.41) is 4.56. The summed E-state index contributed by atoms with van der Waals surface area (Å²) < 4.78 is 13.4. The second kappa shape index (κ2) is 8.22. The lowest BCUT2D eigenvalue weighted by Crippen LogP contribution is -2.47. The number of amides is 1. The number of hydrogen-bond acceptors (Lipinski definition) is 5. The van der Waals surface area contributed by atoms with Crippen molar-refractivity contribution in [2.75, 3.05) is 26.3 Å². The van der Waals surface area contributed by atoms with Crippen molar-refractivity contribution in [2.24, 2.45) is 0 Å². The van der Waals surface area contributed by atoms with E-state index in [-0.39, 0.29) is 5.91 Å². The van der Waals surface area contributed by atoms with Gasteiger partial charge in [-0.2, -0.15) is 5.10 Å². The molecule has 3 aromatic rings. The number of carbonyl (C=O) groups is 1. The zero-order valence-corrected chi connectivity index (χ0v) is 20.2. The number of benzene rings is 1. The SMILES string of the molecule is Cc1cc(C)c(Cc2c(C)nc3c(C(=O)N4CCC5(CC4)OCCO5)cnn3c2C)c(C)c1. The van der Waals surface area contributed by atoms with E-state index in [1.54, 1.807) is 6.20 Å². The Morgan fingerprint density at radius 1 is 1.00 bits per heavy atom. The van der Waals surface area contributed by atoms with Crippen LogP contribution in [0.1, 0.15) is 62.4 Å². The number of hydrogen-bond donors (Lipinski definition) is 0. The summed E-state index contributed by atoms with van der Waals surface area (Å²) in [6.45, 7) is 13.0. The predicted octanol–water partition coefficient (Wildman–Crippen LogP) is 3.84. The average Bonchev–Trinajstić information content (AvgIpc) is 3.40. The van der Waals surface area contributed by atoms with Crippen molar-refractivity contribution in [3.05, 3.63) is 63.1 Å². The molecule has 0 saturated carbocycles. The fraction of sp³-hybridized carbons (Fsp3) is 0.500. The quantitative estimate of drug-likeness (QED) is 0.609. The van der Waals surface area contributed by atoms with E-state index in [2.05, 4.69) is 44.9 Å². The Labute approximate surface area is 194 Å². The van der Waals surface area contributed by atoms with E-state index < -0.39 is 5.79 Å². The molecule has 174 valence electrons. The first-order valence-corrected chi connectivity index (χ1v) is 11.8. The standard InChI is InChI=1S/C26H32N4O3/c1-16-12-17(2)21(18(3)13-16)14-22-19(4)28-24-23(15-27-30(24)20(22)5)25(31)29-8-6-26(7-9-29)32-10-11-33-26/h12-13,15H,6-11,14H2,1-5H3. The van der Waals surface area contributed by atoms with E-state index in [9.17, 15) is 4.79 Å². The first-order valence-electron chi connectivity index (χ1n) is 11.8. The highest BCUT2D eigenvalue weighted by molar-refractivity contribution is 5.99. The molecule has 2 fully saturated rings. The summed E-state index contributed by atoms with van der Waals surface area (Å²) in [4.78, 5) is 20.1. The molecule has 0 N–H and O–H groups in total. The lowest BCUT2D eigenvalue weighted by Gasteiger charge is -2.37. The van der Waals surface area contributed by atoms with Gasteiger partial charge in [0.25, 0.3) is 5.91 Å². The van der Waals surface area contributed by atoms with E-state index in [0.717, 1.165) is 23.4 Å². The number of ether oxygens (including phenoxy) is 2. The number of aromatic nitrogens is 3. The molecule has 5 rings (SSSR count). The summed E-state index contributed by atoms with van der Waals surface area (Å²) in [5.41, 5.74) is 9.51. The predicted molar refractivity (Wildman–Crippen MR) is 126 cm³/mol. The number of nitrogens with zero attached hydrogens (tertiary/aromatic N) is 4. The molecular formula is C26H32N4O3. The third kappa shape index (κ3) is 3.83. The van der Waals surface area contributed by atoms with Crippen LogP contribution in [0.2, 0.25) is 0 Å². The first-order chi connectivity index (χ1) is 15.8. The minimum absolute atomic E-state index is 0.0258. The number of aryl methyl sites for hydroxylation is 5. The molecule has 4 heterocycles. The molecule has 33 heavy (non-hydrogen) atoms. The van der Waals surface area contributed by atoms with E-state index in [1.165, 1.54) is 22.3 Å². The van der Waals surface area contributed by atoms with Gasteiger partial charge in [-0.3, -0.25) is 4.79 Å². The number of fused-ring (bicyclic) bond motifs is 1. The van der Waals surface area contributed by atoms with Gasteiger partial charge in [-0.25, -0.2) is 9.50 Å². The zero-order chi connectivity index (χ0) is 23.3. The van der Waals surface area contributed by atoms with Crippen molar-refractivity contribution in [1.29, 1.82) is 0 Å². The molecule has 1 amide bonds. The molecule has 1 spiro atoms. The molecule has 2 aliphatic rings. The fourth-order valence-corrected chi connectivity index (χ4v) is 5.39. The normalized spacial score (nSPS) is 17.9. The minimum Gasteiger partial charge on any atom is -0.347 e. The smallest absolute Gasteiger partial charge is 0.259 e. The number of piperidine rings is 1. The fourth-order valence-electron chi connectivity index (χ4n) is 5.39. The molecule has 2 saturated heterocycles. The van der Waals surface area contributed by atoms with Crippen molar-refractivity contribution >= 4 is 11.6 Å². The van der Waals surface area contributed by atoms with Crippen LogP contribution < -0.4 is 0 Å². The highest BCUT2D eigenvalue weighted by Gasteiger charge is 2.41. The van der Waals surface area contributed by atoms with Gasteiger partial charge in [0, 0.05) is 43.7 Å². The van der Waals surface area contributed by atoms with Gasteiger partial charge in [0.1, 0.15) is 5.56 Å². The Morgan fingerprint density at radius 3 is 2.27 bits per heavy atom. The van der Waals surface area contributed by atoms with Gasteiger partial charge in [0.2, 0.25) is 0 Å². The van der Waals surface area contributed by atoms with E-state index >= 15 is 0 Å². The molecule has 0 radical (unpaired) electrons. The molecule has 0 bridgehead atoms. The van der Waals surface area contributed by atoms with Gasteiger partial charge >= 0.3 is 0 Å². The monoisotopic (exact) mass is 448 g/mol. The topological polar surface area (TPSA) is 69.0 Å². The van der Waals surface area contributed by atoms with Crippen LogP contribution in [0.25, 0.3) is 5.65 Å². The summed E-state index contributed by atoms with van der Waals surface area (Å²) >= 11 is 0. The largest absolute Gasteiger partial charge is 0.347 e. The van der Waals surface area contributed by atoms with Gasteiger partial charge in [0.15, 0.2) is 11.4 Å². The van der Waals surface area contributed by atoms with Crippen LogP contribution in [0, 0.1) is 34.6 Å². The van der Waals surface area contributed by atoms with Crippen molar-refractivity contribution < 1.29 is 14.3 Å².